The van der Waals surface area contributed by atoms with Gasteiger partial charge in [0.05, 0.1) is 36.9 Å². The number of pyridine rings is 1. The second-order valence-electron chi connectivity index (χ2n) is 7.17. The number of nitrogens with zero attached hydrogens (tertiary/aromatic N) is 4. The molecule has 0 bridgehead atoms. The Morgan fingerprint density at radius 3 is 2.09 bits per heavy atom. The number of hydrogen-bond acceptors (Lipinski definition) is 8. The van der Waals surface area contributed by atoms with Crippen LogP contribution in [0.5, 0.6) is 0 Å². The minimum absolute atomic E-state index is 0.0932. The van der Waals surface area contributed by atoms with Crippen molar-refractivity contribution in [3.8, 4) is 0 Å². The van der Waals surface area contributed by atoms with Crippen LogP contribution in [-0.4, -0.2) is 25.0 Å². The zero-order valence-electron chi connectivity index (χ0n) is 17.4. The molecule has 2 aromatic heterocycles. The van der Waals surface area contributed by atoms with Gasteiger partial charge in [-0.1, -0.05) is 30.0 Å². The molecule has 0 amide bonds. The summed E-state index contributed by atoms with van der Waals surface area (Å²) in [4.78, 5) is 46.3. The lowest BCUT2D eigenvalue weighted by molar-refractivity contribution is -0.394. The summed E-state index contributed by atoms with van der Waals surface area (Å²) in [5.41, 5.74) is -0.249. The monoisotopic (exact) mass is 478 g/mol. The average molecular weight is 478 g/mol. The van der Waals surface area contributed by atoms with E-state index in [0.717, 1.165) is 30.0 Å². The first-order chi connectivity index (χ1) is 16.2. The number of fused-ring (bicyclic) bond motifs is 1. The third kappa shape index (κ3) is 3.97. The van der Waals surface area contributed by atoms with Gasteiger partial charge in [-0.25, -0.2) is 0 Å². The van der Waals surface area contributed by atoms with Crippen LogP contribution < -0.4 is 0 Å². The standard InChI is InChI=1S/C22H14N4O7S/c1-13-20(21(27)14-10-15(24(28)29)12-16(11-14)25(30)31)23-9-5-4-7-18(23)22(13)34-19-8-3-2-6-17(19)26(32)33/h2-12H,1H3. The predicted molar refractivity (Wildman–Crippen MR) is 123 cm³/mol. The average Bonchev–Trinajstić information content (AvgIpc) is 3.09. The molecule has 0 atom stereocenters. The van der Waals surface area contributed by atoms with Crippen LogP contribution in [0.3, 0.4) is 0 Å². The Balaban J connectivity index is 1.90. The van der Waals surface area contributed by atoms with Crippen LogP contribution >= 0.6 is 11.8 Å². The van der Waals surface area contributed by atoms with Crippen molar-refractivity contribution in [3.05, 3.63) is 114 Å². The van der Waals surface area contributed by atoms with Crippen molar-refractivity contribution in [1.82, 2.24) is 4.40 Å². The van der Waals surface area contributed by atoms with Crippen LogP contribution in [0.1, 0.15) is 21.6 Å². The molecule has 170 valence electrons. The number of nitro groups is 3. The minimum atomic E-state index is -0.803. The molecule has 0 radical (unpaired) electrons. The van der Waals surface area contributed by atoms with Gasteiger partial charge >= 0.3 is 0 Å². The maximum absolute atomic E-state index is 13.5. The van der Waals surface area contributed by atoms with Gasteiger partial charge in [-0.3, -0.25) is 35.1 Å². The van der Waals surface area contributed by atoms with Gasteiger partial charge in [-0.2, -0.15) is 0 Å². The van der Waals surface area contributed by atoms with Crippen LogP contribution in [0.4, 0.5) is 17.1 Å². The molecule has 0 aliphatic carbocycles. The third-order valence-corrected chi connectivity index (χ3v) is 6.39. The fourth-order valence-electron chi connectivity index (χ4n) is 3.59. The normalized spacial score (nSPS) is 10.9. The van der Waals surface area contributed by atoms with E-state index in [9.17, 15) is 35.1 Å². The summed E-state index contributed by atoms with van der Waals surface area (Å²) in [5.74, 6) is -0.653. The number of aromatic nitrogens is 1. The molecule has 0 fully saturated rings. The SMILES string of the molecule is Cc1c(Sc2ccccc2[N+](=O)[O-])c2ccccn2c1C(=O)c1cc([N+](=O)[O-])cc([N+](=O)[O-])c1. The Bertz CT molecular complexity index is 1480. The summed E-state index contributed by atoms with van der Waals surface area (Å²) in [5, 5.41) is 34.0. The number of carbonyl (C=O) groups excluding carboxylic acids is 1. The number of benzene rings is 2. The third-order valence-electron chi connectivity index (χ3n) is 5.10. The van der Waals surface area contributed by atoms with E-state index in [1.54, 1.807) is 53.9 Å². The molecule has 0 saturated heterocycles. The van der Waals surface area contributed by atoms with Crippen LogP contribution in [0.15, 0.2) is 76.7 Å². The van der Waals surface area contributed by atoms with E-state index in [1.165, 1.54) is 6.07 Å². The Kier molecular flexibility index (Phi) is 5.82. The molecule has 4 aromatic rings. The second-order valence-corrected chi connectivity index (χ2v) is 8.22. The molecule has 0 aliphatic rings. The van der Waals surface area contributed by atoms with E-state index in [0.29, 0.717) is 20.9 Å². The zero-order valence-corrected chi connectivity index (χ0v) is 18.2. The molecule has 2 heterocycles. The molecule has 0 spiro atoms. The summed E-state index contributed by atoms with van der Waals surface area (Å²) in [6, 6.07) is 14.1. The first-order valence-corrected chi connectivity index (χ1v) is 10.5. The van der Waals surface area contributed by atoms with Gasteiger partial charge in [0.15, 0.2) is 0 Å². The largest absolute Gasteiger partial charge is 0.312 e. The summed E-state index contributed by atoms with van der Waals surface area (Å²) in [6.45, 7) is 1.66. The highest BCUT2D eigenvalue weighted by molar-refractivity contribution is 7.99. The van der Waals surface area contributed by atoms with Crippen LogP contribution in [0.2, 0.25) is 0 Å². The highest BCUT2D eigenvalue weighted by Crippen LogP contribution is 2.41. The van der Waals surface area contributed by atoms with Crippen LogP contribution in [-0.2, 0) is 0 Å². The number of carbonyl (C=O) groups is 1. The number of nitro benzene ring substituents is 3. The van der Waals surface area contributed by atoms with Crippen LogP contribution in [0.25, 0.3) is 5.52 Å². The number of rotatable bonds is 7. The highest BCUT2D eigenvalue weighted by atomic mass is 32.2. The molecule has 0 saturated carbocycles. The fraction of sp³-hybridized carbons (Fsp3) is 0.0455. The van der Waals surface area contributed by atoms with Gasteiger partial charge in [-0.15, -0.1) is 0 Å². The lowest BCUT2D eigenvalue weighted by atomic mass is 10.0. The van der Waals surface area contributed by atoms with E-state index in [1.807, 2.05) is 0 Å². The highest BCUT2D eigenvalue weighted by Gasteiger charge is 2.27. The second kappa shape index (κ2) is 8.75. The molecular formula is C22H14N4O7S. The summed E-state index contributed by atoms with van der Waals surface area (Å²) in [7, 11) is 0. The van der Waals surface area contributed by atoms with Gasteiger partial charge in [0.1, 0.15) is 0 Å². The van der Waals surface area contributed by atoms with E-state index >= 15 is 0 Å². The number of ketones is 1. The van der Waals surface area contributed by atoms with Crippen molar-refractivity contribution in [3.63, 3.8) is 0 Å². The summed E-state index contributed by atoms with van der Waals surface area (Å²) >= 11 is 1.12. The Morgan fingerprint density at radius 1 is 0.853 bits per heavy atom. The van der Waals surface area contributed by atoms with Gasteiger partial charge in [-0.05, 0) is 30.7 Å². The number of non-ortho nitro benzene ring substituents is 2. The fourth-order valence-corrected chi connectivity index (χ4v) is 4.72. The quantitative estimate of drug-likeness (QED) is 0.196. The van der Waals surface area contributed by atoms with E-state index in [-0.39, 0.29) is 16.9 Å². The lowest BCUT2D eigenvalue weighted by Gasteiger charge is -2.05. The van der Waals surface area contributed by atoms with Gasteiger partial charge in [0, 0.05) is 34.9 Å². The number of hydrogen-bond donors (Lipinski definition) is 0. The van der Waals surface area contributed by atoms with Crippen molar-refractivity contribution >= 4 is 40.1 Å². The molecule has 2 aromatic carbocycles. The molecule has 12 heteroatoms. The molecule has 4 rings (SSSR count). The minimum Gasteiger partial charge on any atom is -0.312 e. The Labute approximate surface area is 195 Å². The lowest BCUT2D eigenvalue weighted by Crippen LogP contribution is -2.08. The Hall–Kier alpha value is -4.58. The van der Waals surface area contributed by atoms with Crippen molar-refractivity contribution in [2.75, 3.05) is 0 Å². The maximum Gasteiger partial charge on any atom is 0.283 e. The summed E-state index contributed by atoms with van der Waals surface area (Å²) in [6.07, 6.45) is 1.62. The van der Waals surface area contributed by atoms with Crippen LogP contribution in [0, 0.1) is 37.3 Å². The molecule has 34 heavy (non-hydrogen) atoms. The van der Waals surface area contributed by atoms with Gasteiger partial charge < -0.3 is 4.40 Å². The first kappa shape index (κ1) is 22.6. The molecule has 0 aliphatic heterocycles. The van der Waals surface area contributed by atoms with Crippen molar-refractivity contribution in [2.45, 2.75) is 16.7 Å². The molecular weight excluding hydrogens is 464 g/mol. The Morgan fingerprint density at radius 2 is 1.47 bits per heavy atom. The molecule has 11 nitrogen and oxygen atoms in total. The van der Waals surface area contributed by atoms with Crippen molar-refractivity contribution < 1.29 is 19.6 Å². The number of para-hydroxylation sites is 1. The molecule has 0 N–H and O–H groups in total. The van der Waals surface area contributed by atoms with Gasteiger partial charge in [0.2, 0.25) is 5.78 Å². The van der Waals surface area contributed by atoms with E-state index in [2.05, 4.69) is 0 Å². The smallest absolute Gasteiger partial charge is 0.283 e. The van der Waals surface area contributed by atoms with Crippen molar-refractivity contribution in [2.24, 2.45) is 0 Å². The first-order valence-electron chi connectivity index (χ1n) is 9.68. The summed E-state index contributed by atoms with van der Waals surface area (Å²) < 4.78 is 1.57. The predicted octanol–water partition coefficient (Wildman–Crippen LogP) is 5.35. The van der Waals surface area contributed by atoms with Crippen molar-refractivity contribution in [1.29, 1.82) is 0 Å². The maximum atomic E-state index is 13.5. The van der Waals surface area contributed by atoms with E-state index in [4.69, 9.17) is 0 Å². The van der Waals surface area contributed by atoms with Gasteiger partial charge in [0.25, 0.3) is 17.1 Å². The zero-order chi connectivity index (χ0) is 24.6. The van der Waals surface area contributed by atoms with E-state index < -0.39 is 31.9 Å². The molecule has 0 unspecified atom stereocenters. The topological polar surface area (TPSA) is 151 Å².